The van der Waals surface area contributed by atoms with Crippen molar-refractivity contribution in [1.29, 1.82) is 0 Å². The minimum atomic E-state index is 0.0323. The van der Waals surface area contributed by atoms with Crippen molar-refractivity contribution in [2.45, 2.75) is 26.4 Å². The van der Waals surface area contributed by atoms with Crippen LogP contribution in [0.2, 0.25) is 0 Å². The molecule has 3 heteroatoms. The molecule has 0 aliphatic rings. The Hall–Kier alpha value is -0.830. The van der Waals surface area contributed by atoms with Gasteiger partial charge in [0.15, 0.2) is 6.17 Å². The van der Waals surface area contributed by atoms with Crippen molar-refractivity contribution >= 4 is 5.91 Å². The summed E-state index contributed by atoms with van der Waals surface area (Å²) in [6, 6.07) is 0. The lowest BCUT2D eigenvalue weighted by Gasteiger charge is -2.39. The zero-order valence-electron chi connectivity index (χ0n) is 10.3. The van der Waals surface area contributed by atoms with E-state index in [0.717, 1.165) is 10.9 Å². The van der Waals surface area contributed by atoms with Gasteiger partial charge in [0.1, 0.15) is 0 Å². The summed E-state index contributed by atoms with van der Waals surface area (Å²) in [6.45, 7) is 7.52. The highest BCUT2D eigenvalue weighted by molar-refractivity contribution is 5.92. The Morgan fingerprint density at radius 3 is 2.07 bits per heavy atom. The van der Waals surface area contributed by atoms with Crippen molar-refractivity contribution in [3.63, 3.8) is 0 Å². The third-order valence-electron chi connectivity index (χ3n) is 2.39. The highest BCUT2D eigenvalue weighted by Crippen LogP contribution is 2.13. The van der Waals surface area contributed by atoms with E-state index in [1.165, 1.54) is 0 Å². The van der Waals surface area contributed by atoms with E-state index in [1.807, 2.05) is 7.05 Å². The molecule has 0 bridgehead atoms. The first-order valence-electron chi connectivity index (χ1n) is 4.95. The van der Waals surface area contributed by atoms with Crippen LogP contribution in [0.15, 0.2) is 12.2 Å². The minimum Gasteiger partial charge on any atom is -0.311 e. The predicted molar refractivity (Wildman–Crippen MR) is 59.7 cm³/mol. The summed E-state index contributed by atoms with van der Waals surface area (Å²) in [5.41, 5.74) is 0.597. The van der Waals surface area contributed by atoms with Crippen LogP contribution in [-0.2, 0) is 4.79 Å². The van der Waals surface area contributed by atoms with Gasteiger partial charge in [0.25, 0.3) is 5.91 Å². The molecule has 0 heterocycles. The summed E-state index contributed by atoms with van der Waals surface area (Å²) < 4.78 is 0.756. The van der Waals surface area contributed by atoms with Gasteiger partial charge in [-0.25, -0.2) is 0 Å². The molecule has 0 saturated carbocycles. The van der Waals surface area contributed by atoms with E-state index in [2.05, 4.69) is 34.6 Å². The zero-order chi connectivity index (χ0) is 11.5. The fraction of sp³-hybridized carbons (Fsp3) is 0.727. The fourth-order valence-corrected chi connectivity index (χ4v) is 1.78. The van der Waals surface area contributed by atoms with Gasteiger partial charge in [0.2, 0.25) is 0 Å². The van der Waals surface area contributed by atoms with Crippen LogP contribution >= 0.6 is 0 Å². The van der Waals surface area contributed by atoms with E-state index >= 15 is 0 Å². The molecule has 0 aromatic rings. The second-order valence-electron chi connectivity index (χ2n) is 4.70. The maximum absolute atomic E-state index is 11.7. The summed E-state index contributed by atoms with van der Waals surface area (Å²) in [5, 5.41) is 0. The van der Waals surface area contributed by atoms with Crippen LogP contribution in [0.5, 0.6) is 0 Å². The molecule has 0 saturated heterocycles. The molecule has 82 valence electrons. The van der Waals surface area contributed by atoms with Gasteiger partial charge in [-0.05, 0) is 6.92 Å². The Bertz CT molecular complexity index is 228. The second-order valence-corrected chi connectivity index (χ2v) is 4.70. The summed E-state index contributed by atoms with van der Waals surface area (Å²) in [4.78, 5) is 13.5. The monoisotopic (exact) mass is 199 g/mol. The first-order valence-corrected chi connectivity index (χ1v) is 4.95. The largest absolute Gasteiger partial charge is 0.311 e. The van der Waals surface area contributed by atoms with Crippen LogP contribution in [0.3, 0.4) is 0 Å². The molecule has 1 atom stereocenters. The molecular formula is C11H23N2O+. The average molecular weight is 199 g/mol. The Balaban J connectivity index is 4.72. The molecule has 0 aromatic carbocycles. The Morgan fingerprint density at radius 2 is 1.86 bits per heavy atom. The standard InChI is InChI=1S/C11H23N2O/c1-8-10(13(5,6)7)12(4)11(14)9(2)3/h10H,2,8H2,1,3-7H3/q+1. The van der Waals surface area contributed by atoms with Gasteiger partial charge < -0.3 is 4.48 Å². The van der Waals surface area contributed by atoms with Crippen molar-refractivity contribution in [2.24, 2.45) is 0 Å². The minimum absolute atomic E-state index is 0.0323. The van der Waals surface area contributed by atoms with E-state index in [0.29, 0.717) is 5.57 Å². The molecule has 0 aromatic heterocycles. The van der Waals surface area contributed by atoms with Gasteiger partial charge in [-0.2, -0.15) is 0 Å². The number of likely N-dealkylation sites (N-methyl/N-ethyl adjacent to an activating group) is 1. The van der Waals surface area contributed by atoms with Crippen molar-refractivity contribution in [1.82, 2.24) is 4.90 Å². The molecule has 0 aliphatic heterocycles. The number of nitrogens with zero attached hydrogens (tertiary/aromatic N) is 2. The fourth-order valence-electron chi connectivity index (χ4n) is 1.78. The van der Waals surface area contributed by atoms with E-state index in [9.17, 15) is 4.79 Å². The number of rotatable bonds is 4. The smallest absolute Gasteiger partial charge is 0.253 e. The maximum Gasteiger partial charge on any atom is 0.253 e. The van der Waals surface area contributed by atoms with Crippen LogP contribution < -0.4 is 0 Å². The average Bonchev–Trinajstić information content (AvgIpc) is 2.01. The molecular weight excluding hydrogens is 176 g/mol. The molecule has 0 rings (SSSR count). The zero-order valence-corrected chi connectivity index (χ0v) is 10.3. The molecule has 0 fully saturated rings. The summed E-state index contributed by atoms with van der Waals surface area (Å²) in [6.07, 6.45) is 1.15. The quantitative estimate of drug-likeness (QED) is 0.381. The van der Waals surface area contributed by atoms with Gasteiger partial charge in [-0.15, -0.1) is 0 Å². The van der Waals surface area contributed by atoms with Crippen LogP contribution in [0.25, 0.3) is 0 Å². The van der Waals surface area contributed by atoms with Gasteiger partial charge >= 0.3 is 0 Å². The van der Waals surface area contributed by atoms with Crippen LogP contribution in [0.4, 0.5) is 0 Å². The van der Waals surface area contributed by atoms with Crippen molar-refractivity contribution in [3.8, 4) is 0 Å². The Morgan fingerprint density at radius 1 is 1.43 bits per heavy atom. The predicted octanol–water partition coefficient (Wildman–Crippen LogP) is 1.46. The highest BCUT2D eigenvalue weighted by Gasteiger charge is 2.29. The highest BCUT2D eigenvalue weighted by atomic mass is 16.2. The van der Waals surface area contributed by atoms with Gasteiger partial charge in [0, 0.05) is 19.0 Å². The maximum atomic E-state index is 11.7. The summed E-state index contributed by atoms with van der Waals surface area (Å²) >= 11 is 0. The number of hydrogen-bond acceptors (Lipinski definition) is 1. The van der Waals surface area contributed by atoms with Gasteiger partial charge in [-0.3, -0.25) is 9.69 Å². The lowest BCUT2D eigenvalue weighted by Crippen LogP contribution is -2.55. The Labute approximate surface area is 87.6 Å². The lowest BCUT2D eigenvalue weighted by atomic mass is 10.2. The topological polar surface area (TPSA) is 20.3 Å². The molecule has 1 amide bonds. The number of amides is 1. The molecule has 0 N–H and O–H groups in total. The molecule has 0 aliphatic carbocycles. The number of carbonyl (C=O) groups excluding carboxylic acids is 1. The summed E-state index contributed by atoms with van der Waals surface area (Å²) in [7, 11) is 8.12. The number of carbonyl (C=O) groups is 1. The Kier molecular flexibility index (Phi) is 4.33. The molecule has 0 radical (unpaired) electrons. The first kappa shape index (κ1) is 13.2. The van der Waals surface area contributed by atoms with E-state index in [-0.39, 0.29) is 12.1 Å². The van der Waals surface area contributed by atoms with Crippen molar-refractivity contribution < 1.29 is 9.28 Å². The van der Waals surface area contributed by atoms with Crippen LogP contribution in [-0.4, -0.2) is 49.6 Å². The molecule has 14 heavy (non-hydrogen) atoms. The van der Waals surface area contributed by atoms with Crippen molar-refractivity contribution in [3.05, 3.63) is 12.2 Å². The molecule has 3 nitrogen and oxygen atoms in total. The lowest BCUT2D eigenvalue weighted by molar-refractivity contribution is -0.906. The van der Waals surface area contributed by atoms with Crippen molar-refractivity contribution in [2.75, 3.05) is 28.2 Å². The number of quaternary nitrogens is 1. The second kappa shape index (κ2) is 4.60. The van der Waals surface area contributed by atoms with Gasteiger partial charge in [-0.1, -0.05) is 13.5 Å². The van der Waals surface area contributed by atoms with Gasteiger partial charge in [0.05, 0.1) is 21.1 Å². The van der Waals surface area contributed by atoms with E-state index in [4.69, 9.17) is 0 Å². The molecule has 0 spiro atoms. The normalized spacial score (nSPS) is 13.6. The molecule has 1 unspecified atom stereocenters. The van der Waals surface area contributed by atoms with Crippen LogP contribution in [0.1, 0.15) is 20.3 Å². The van der Waals surface area contributed by atoms with E-state index in [1.54, 1.807) is 11.8 Å². The third-order valence-corrected chi connectivity index (χ3v) is 2.39. The number of hydrogen-bond donors (Lipinski definition) is 0. The van der Waals surface area contributed by atoms with E-state index < -0.39 is 0 Å². The first-order chi connectivity index (χ1) is 6.21. The SMILES string of the molecule is C=C(C)C(=O)N(C)C(CC)[N+](C)(C)C. The third kappa shape index (κ3) is 3.14. The van der Waals surface area contributed by atoms with Crippen LogP contribution in [0, 0.1) is 0 Å². The summed E-state index contributed by atoms with van der Waals surface area (Å²) in [5.74, 6) is 0.0323.